The number of nitrogens with zero attached hydrogens (tertiary/aromatic N) is 2. The Labute approximate surface area is 154 Å². The number of carbonyl (C=O) groups excluding carboxylic acids is 2. The van der Waals surface area contributed by atoms with Crippen LogP contribution in [0.15, 0.2) is 24.3 Å². The largest absolute Gasteiger partial charge is 0.375 e. The molecule has 0 spiro atoms. The summed E-state index contributed by atoms with van der Waals surface area (Å²) in [5, 5.41) is 5.75. The Morgan fingerprint density at radius 2 is 1.85 bits per heavy atom. The fourth-order valence-corrected chi connectivity index (χ4v) is 2.75. The minimum absolute atomic E-state index is 0.00347. The first-order chi connectivity index (χ1) is 12.7. The van der Waals surface area contributed by atoms with E-state index in [9.17, 15) is 9.59 Å². The van der Waals surface area contributed by atoms with Crippen molar-refractivity contribution < 1.29 is 14.3 Å². The molecule has 2 amide bonds. The molecule has 7 nitrogen and oxygen atoms in total. The van der Waals surface area contributed by atoms with Crippen LogP contribution in [0.2, 0.25) is 0 Å². The Hall–Kier alpha value is -2.41. The summed E-state index contributed by atoms with van der Waals surface area (Å²) in [6, 6.07) is 7.82. The maximum Gasteiger partial charge on any atom is 0.245 e. The molecule has 0 saturated carbocycles. The standard InChI is InChI=1S/C19H28N4O3/c1-3-4-11-20-18(24)13-23-16-9-6-5-8-15(16)22-17(23)10-7-12-21-19(25)14-26-2/h5-6,8-9H,3-4,7,10-14H2,1-2H3,(H,20,24)(H,21,25). The molecule has 0 atom stereocenters. The fraction of sp³-hybridized carbons (Fsp3) is 0.526. The predicted molar refractivity (Wildman–Crippen MR) is 101 cm³/mol. The van der Waals surface area contributed by atoms with Crippen molar-refractivity contribution in [3.05, 3.63) is 30.1 Å². The molecule has 7 heteroatoms. The summed E-state index contributed by atoms with van der Waals surface area (Å²) in [6.07, 6.45) is 3.46. The van der Waals surface area contributed by atoms with Gasteiger partial charge in [0.15, 0.2) is 0 Å². The smallest absolute Gasteiger partial charge is 0.245 e. The van der Waals surface area contributed by atoms with Crippen molar-refractivity contribution in [1.29, 1.82) is 0 Å². The predicted octanol–water partition coefficient (Wildman–Crippen LogP) is 1.65. The molecule has 0 unspecified atom stereocenters. The molecule has 0 saturated heterocycles. The summed E-state index contributed by atoms with van der Waals surface area (Å²) in [4.78, 5) is 28.3. The number of hydrogen-bond donors (Lipinski definition) is 2. The lowest BCUT2D eigenvalue weighted by Gasteiger charge is -2.10. The maximum atomic E-state index is 12.2. The first-order valence-electron chi connectivity index (χ1n) is 9.12. The monoisotopic (exact) mass is 360 g/mol. The van der Waals surface area contributed by atoms with E-state index in [2.05, 4.69) is 22.5 Å². The van der Waals surface area contributed by atoms with Crippen LogP contribution in [-0.2, 0) is 27.3 Å². The number of imidazole rings is 1. The highest BCUT2D eigenvalue weighted by atomic mass is 16.5. The number of unbranched alkanes of at least 4 members (excludes halogenated alkanes) is 1. The average Bonchev–Trinajstić information content (AvgIpc) is 2.97. The molecule has 1 heterocycles. The van der Waals surface area contributed by atoms with Crippen LogP contribution in [0.4, 0.5) is 0 Å². The molecule has 1 aromatic carbocycles. The van der Waals surface area contributed by atoms with E-state index in [-0.39, 0.29) is 25.0 Å². The molecule has 2 aromatic rings. The molecule has 0 bridgehead atoms. The zero-order valence-electron chi connectivity index (χ0n) is 15.6. The summed E-state index contributed by atoms with van der Waals surface area (Å²) in [6.45, 7) is 3.67. The van der Waals surface area contributed by atoms with Crippen LogP contribution < -0.4 is 10.6 Å². The minimum Gasteiger partial charge on any atom is -0.375 e. The molecule has 26 heavy (non-hydrogen) atoms. The third kappa shape index (κ3) is 5.84. The lowest BCUT2D eigenvalue weighted by atomic mass is 10.3. The summed E-state index contributed by atoms with van der Waals surface area (Å²) in [5.74, 6) is 0.727. The van der Waals surface area contributed by atoms with Gasteiger partial charge in [0.25, 0.3) is 0 Å². The number of rotatable bonds is 11. The van der Waals surface area contributed by atoms with Gasteiger partial charge in [0.2, 0.25) is 11.8 Å². The van der Waals surface area contributed by atoms with Crippen molar-refractivity contribution in [2.75, 3.05) is 26.8 Å². The number of nitrogens with one attached hydrogen (secondary N) is 2. The Morgan fingerprint density at radius 3 is 2.62 bits per heavy atom. The molecule has 2 rings (SSSR count). The normalized spacial score (nSPS) is 10.8. The Bertz CT molecular complexity index is 727. The molecular formula is C19H28N4O3. The molecule has 0 aliphatic heterocycles. The van der Waals surface area contributed by atoms with Crippen molar-refractivity contribution in [3.63, 3.8) is 0 Å². The zero-order valence-corrected chi connectivity index (χ0v) is 15.6. The van der Waals surface area contributed by atoms with E-state index < -0.39 is 0 Å². The van der Waals surface area contributed by atoms with E-state index in [1.54, 1.807) is 0 Å². The van der Waals surface area contributed by atoms with E-state index >= 15 is 0 Å². The number of aromatic nitrogens is 2. The fourth-order valence-electron chi connectivity index (χ4n) is 2.75. The number of para-hydroxylation sites is 2. The third-order valence-corrected chi connectivity index (χ3v) is 4.06. The summed E-state index contributed by atoms with van der Waals surface area (Å²) in [5.41, 5.74) is 1.84. The number of ether oxygens (including phenoxy) is 1. The molecule has 142 valence electrons. The zero-order chi connectivity index (χ0) is 18.8. The number of methoxy groups -OCH3 is 1. The lowest BCUT2D eigenvalue weighted by Crippen LogP contribution is -2.29. The first kappa shape index (κ1) is 19.9. The van der Waals surface area contributed by atoms with Gasteiger partial charge in [-0.25, -0.2) is 4.98 Å². The molecule has 1 aromatic heterocycles. The van der Waals surface area contributed by atoms with Crippen LogP contribution in [0.3, 0.4) is 0 Å². The topological polar surface area (TPSA) is 85.2 Å². The van der Waals surface area contributed by atoms with Crippen LogP contribution >= 0.6 is 0 Å². The van der Waals surface area contributed by atoms with Crippen LogP contribution in [0, 0.1) is 0 Å². The summed E-state index contributed by atoms with van der Waals surface area (Å²) in [7, 11) is 1.49. The van der Waals surface area contributed by atoms with Gasteiger partial charge in [-0.05, 0) is 25.0 Å². The van der Waals surface area contributed by atoms with Crippen LogP contribution in [0.1, 0.15) is 32.0 Å². The van der Waals surface area contributed by atoms with E-state index in [0.29, 0.717) is 19.5 Å². The van der Waals surface area contributed by atoms with Crippen LogP contribution in [-0.4, -0.2) is 48.2 Å². The van der Waals surface area contributed by atoms with Gasteiger partial charge in [-0.2, -0.15) is 0 Å². The van der Waals surface area contributed by atoms with Crippen molar-refractivity contribution in [2.24, 2.45) is 0 Å². The van der Waals surface area contributed by atoms with Crippen molar-refractivity contribution >= 4 is 22.8 Å². The molecule has 0 radical (unpaired) electrons. The molecule has 0 aliphatic carbocycles. The van der Waals surface area contributed by atoms with E-state index in [4.69, 9.17) is 4.74 Å². The van der Waals surface area contributed by atoms with Gasteiger partial charge in [0, 0.05) is 26.6 Å². The van der Waals surface area contributed by atoms with Gasteiger partial charge in [0.1, 0.15) is 19.0 Å². The summed E-state index contributed by atoms with van der Waals surface area (Å²) < 4.78 is 6.75. The molecular weight excluding hydrogens is 332 g/mol. The minimum atomic E-state index is -0.128. The number of amides is 2. The highest BCUT2D eigenvalue weighted by molar-refractivity contribution is 5.81. The van der Waals surface area contributed by atoms with Gasteiger partial charge in [-0.3, -0.25) is 9.59 Å². The first-order valence-corrected chi connectivity index (χ1v) is 9.12. The molecule has 0 aliphatic rings. The van der Waals surface area contributed by atoms with Crippen molar-refractivity contribution in [2.45, 2.75) is 39.2 Å². The van der Waals surface area contributed by atoms with Gasteiger partial charge in [0.05, 0.1) is 11.0 Å². The van der Waals surface area contributed by atoms with Gasteiger partial charge in [-0.1, -0.05) is 25.5 Å². The van der Waals surface area contributed by atoms with Crippen LogP contribution in [0.5, 0.6) is 0 Å². The van der Waals surface area contributed by atoms with E-state index in [0.717, 1.165) is 36.1 Å². The van der Waals surface area contributed by atoms with Crippen LogP contribution in [0.25, 0.3) is 11.0 Å². The van der Waals surface area contributed by atoms with Crippen molar-refractivity contribution in [3.8, 4) is 0 Å². The van der Waals surface area contributed by atoms with Gasteiger partial charge < -0.3 is 19.9 Å². The average molecular weight is 360 g/mol. The quantitative estimate of drug-likeness (QED) is 0.597. The Morgan fingerprint density at radius 1 is 1.12 bits per heavy atom. The lowest BCUT2D eigenvalue weighted by molar-refractivity contribution is -0.124. The number of hydrogen-bond acceptors (Lipinski definition) is 4. The third-order valence-electron chi connectivity index (χ3n) is 4.06. The highest BCUT2D eigenvalue weighted by Crippen LogP contribution is 2.17. The number of benzene rings is 1. The number of carbonyl (C=O) groups is 2. The van der Waals surface area contributed by atoms with Gasteiger partial charge in [-0.15, -0.1) is 0 Å². The second kappa shape index (κ2) is 10.6. The van der Waals surface area contributed by atoms with E-state index in [1.807, 2.05) is 28.8 Å². The maximum absolute atomic E-state index is 12.2. The van der Waals surface area contributed by atoms with Crippen molar-refractivity contribution in [1.82, 2.24) is 20.2 Å². The number of fused-ring (bicyclic) bond motifs is 1. The molecule has 2 N–H and O–H groups in total. The second-order valence-corrected chi connectivity index (χ2v) is 6.19. The molecule has 0 fully saturated rings. The summed E-state index contributed by atoms with van der Waals surface area (Å²) >= 11 is 0. The highest BCUT2D eigenvalue weighted by Gasteiger charge is 2.13. The van der Waals surface area contributed by atoms with E-state index in [1.165, 1.54) is 7.11 Å². The van der Waals surface area contributed by atoms with Gasteiger partial charge >= 0.3 is 0 Å². The Kier molecular flexibility index (Phi) is 8.08. The second-order valence-electron chi connectivity index (χ2n) is 6.19. The number of aryl methyl sites for hydroxylation is 1. The Balaban J connectivity index is 2.01. The SMILES string of the molecule is CCCCNC(=O)Cn1c(CCCNC(=O)COC)nc2ccccc21.